The van der Waals surface area contributed by atoms with Gasteiger partial charge >= 0.3 is 0 Å². The van der Waals surface area contributed by atoms with Crippen LogP contribution in [0.25, 0.3) is 0 Å². The highest BCUT2D eigenvalue weighted by Crippen LogP contribution is 2.29. The van der Waals surface area contributed by atoms with Crippen LogP contribution in [0.2, 0.25) is 5.02 Å². The summed E-state index contributed by atoms with van der Waals surface area (Å²) in [4.78, 5) is 31.6. The van der Waals surface area contributed by atoms with Crippen LogP contribution in [-0.4, -0.2) is 40.2 Å². The fourth-order valence-electron chi connectivity index (χ4n) is 3.16. The molecular weight excluding hydrogens is 418 g/mol. The summed E-state index contributed by atoms with van der Waals surface area (Å²) in [6.45, 7) is 4.57. The first-order valence-electron chi connectivity index (χ1n) is 10.1. The van der Waals surface area contributed by atoms with Gasteiger partial charge in [-0.2, -0.15) is 0 Å². The average Bonchev–Trinajstić information content (AvgIpc) is 3.15. The Morgan fingerprint density at radius 2 is 1.87 bits per heavy atom. The molecule has 7 heteroatoms. The largest absolute Gasteiger partial charge is 0.352 e. The summed E-state index contributed by atoms with van der Waals surface area (Å²) in [5.41, 5.74) is 2.59. The van der Waals surface area contributed by atoms with E-state index in [1.165, 1.54) is 5.56 Å². The Kier molecular flexibility index (Phi) is 7.94. The molecule has 0 saturated carbocycles. The van der Waals surface area contributed by atoms with Crippen LogP contribution in [0.4, 0.5) is 5.69 Å². The number of benzene rings is 2. The maximum Gasteiger partial charge on any atom is 0.251 e. The zero-order chi connectivity index (χ0) is 21.5. The lowest BCUT2D eigenvalue weighted by molar-refractivity contribution is -0.128. The molecule has 0 unspecified atom stereocenters. The lowest BCUT2D eigenvalue weighted by Gasteiger charge is -2.23. The molecule has 1 atom stereocenters. The van der Waals surface area contributed by atoms with E-state index in [9.17, 15) is 9.59 Å². The van der Waals surface area contributed by atoms with E-state index in [1.54, 1.807) is 36.0 Å². The maximum absolute atomic E-state index is 12.9. The summed E-state index contributed by atoms with van der Waals surface area (Å²) in [5.74, 6) is 0.752. The topological polar surface area (TPSA) is 61.8 Å². The van der Waals surface area contributed by atoms with E-state index < -0.39 is 0 Å². The number of thioether (sulfide) groups is 1. The molecule has 0 radical (unpaired) electrons. The Bertz CT molecular complexity index is 913. The van der Waals surface area contributed by atoms with E-state index in [0.29, 0.717) is 30.0 Å². The third-order valence-corrected chi connectivity index (χ3v) is 6.28. The van der Waals surface area contributed by atoms with Crippen LogP contribution >= 0.6 is 23.4 Å². The van der Waals surface area contributed by atoms with Gasteiger partial charge in [0, 0.05) is 35.3 Å². The summed E-state index contributed by atoms with van der Waals surface area (Å²) in [6.07, 6.45) is 1.83. The molecule has 1 saturated heterocycles. The molecule has 1 heterocycles. The molecule has 0 spiro atoms. The van der Waals surface area contributed by atoms with Gasteiger partial charge in [0.1, 0.15) is 0 Å². The van der Waals surface area contributed by atoms with Crippen LogP contribution in [0.5, 0.6) is 0 Å². The van der Waals surface area contributed by atoms with Crippen molar-refractivity contribution in [3.05, 3.63) is 64.7 Å². The minimum Gasteiger partial charge on any atom is -0.352 e. The Hall–Kier alpha value is -2.31. The molecule has 5 nitrogen and oxygen atoms in total. The van der Waals surface area contributed by atoms with Gasteiger partial charge in [-0.15, -0.1) is 0 Å². The Morgan fingerprint density at radius 1 is 1.17 bits per heavy atom. The monoisotopic (exact) mass is 443 g/mol. The minimum absolute atomic E-state index is 0.0541. The van der Waals surface area contributed by atoms with Gasteiger partial charge in [-0.25, -0.2) is 4.99 Å². The van der Waals surface area contributed by atoms with E-state index in [0.717, 1.165) is 23.0 Å². The first kappa shape index (κ1) is 22.4. The van der Waals surface area contributed by atoms with Crippen molar-refractivity contribution in [1.29, 1.82) is 0 Å². The fraction of sp³-hybridized carbons (Fsp3) is 0.348. The van der Waals surface area contributed by atoms with E-state index in [2.05, 4.69) is 12.2 Å². The molecule has 0 bridgehead atoms. The number of rotatable bonds is 7. The number of aliphatic imine (C=N–C) groups is 1. The van der Waals surface area contributed by atoms with Gasteiger partial charge in [-0.05, 0) is 56.2 Å². The number of carbonyl (C=O) groups excluding carboxylic acids is 2. The summed E-state index contributed by atoms with van der Waals surface area (Å²) < 4.78 is 0. The fourth-order valence-corrected chi connectivity index (χ4v) is 4.58. The maximum atomic E-state index is 12.9. The molecule has 3 rings (SSSR count). The number of nitrogens with zero attached hydrogens (tertiary/aromatic N) is 2. The standard InChI is InChI=1S/C23H26ClN3O2S/c1-3-20-15-30-23(26-19-12-6-16(2)7-13-19)27(20)21(28)5-4-14-25-22(29)17-8-10-18(24)11-9-17/h6-13,20H,3-5,14-15H2,1-2H3,(H,25,29)/t20-/m1/s1. The number of hydrogen-bond donors (Lipinski definition) is 1. The highest BCUT2D eigenvalue weighted by Gasteiger charge is 2.33. The lowest BCUT2D eigenvalue weighted by Crippen LogP contribution is -2.39. The molecular formula is C23H26ClN3O2S. The minimum atomic E-state index is -0.163. The zero-order valence-electron chi connectivity index (χ0n) is 17.2. The lowest BCUT2D eigenvalue weighted by atomic mass is 10.2. The number of halogens is 1. The Balaban J connectivity index is 1.55. The molecule has 0 aliphatic carbocycles. The zero-order valence-corrected chi connectivity index (χ0v) is 18.8. The van der Waals surface area contributed by atoms with Gasteiger partial charge in [0.05, 0.1) is 5.69 Å². The van der Waals surface area contributed by atoms with Crippen LogP contribution in [0, 0.1) is 6.92 Å². The smallest absolute Gasteiger partial charge is 0.251 e. The predicted molar refractivity (Wildman–Crippen MR) is 125 cm³/mol. The van der Waals surface area contributed by atoms with Crippen molar-refractivity contribution in [2.45, 2.75) is 39.2 Å². The second-order valence-corrected chi connectivity index (χ2v) is 8.66. The third kappa shape index (κ3) is 5.86. The molecule has 1 aliphatic heterocycles. The van der Waals surface area contributed by atoms with Gasteiger partial charge in [-0.1, -0.05) is 48.0 Å². The quantitative estimate of drug-likeness (QED) is 0.598. The van der Waals surface area contributed by atoms with Crippen molar-refractivity contribution in [3.8, 4) is 0 Å². The Morgan fingerprint density at radius 3 is 2.53 bits per heavy atom. The first-order valence-corrected chi connectivity index (χ1v) is 11.5. The van der Waals surface area contributed by atoms with Gasteiger partial charge in [0.25, 0.3) is 5.91 Å². The molecule has 1 fully saturated rings. The van der Waals surface area contributed by atoms with Crippen molar-refractivity contribution >= 4 is 46.0 Å². The number of amides is 2. The van der Waals surface area contributed by atoms with E-state index in [1.807, 2.05) is 36.1 Å². The molecule has 2 amide bonds. The highest BCUT2D eigenvalue weighted by molar-refractivity contribution is 8.14. The molecule has 2 aromatic rings. The summed E-state index contributed by atoms with van der Waals surface area (Å²) in [6, 6.07) is 14.9. The number of hydrogen-bond acceptors (Lipinski definition) is 4. The van der Waals surface area contributed by atoms with Gasteiger partial charge in [0.2, 0.25) is 5.91 Å². The Labute approximate surface area is 186 Å². The molecule has 1 N–H and O–H groups in total. The van der Waals surface area contributed by atoms with Crippen LogP contribution < -0.4 is 5.32 Å². The van der Waals surface area contributed by atoms with Crippen LogP contribution in [0.15, 0.2) is 53.5 Å². The van der Waals surface area contributed by atoms with Crippen LogP contribution in [-0.2, 0) is 4.79 Å². The van der Waals surface area contributed by atoms with E-state index >= 15 is 0 Å². The van der Waals surface area contributed by atoms with Gasteiger partial charge < -0.3 is 5.32 Å². The van der Waals surface area contributed by atoms with Gasteiger partial charge in [-0.3, -0.25) is 14.5 Å². The van der Waals surface area contributed by atoms with Crippen molar-refractivity contribution in [3.63, 3.8) is 0 Å². The number of aryl methyl sites for hydroxylation is 1. The molecule has 158 valence electrons. The summed E-state index contributed by atoms with van der Waals surface area (Å²) in [7, 11) is 0. The molecule has 2 aromatic carbocycles. The SMILES string of the molecule is CC[C@@H]1CSC(=Nc2ccc(C)cc2)N1C(=O)CCCNC(=O)c1ccc(Cl)cc1. The summed E-state index contributed by atoms with van der Waals surface area (Å²) in [5, 5.41) is 4.21. The first-order chi connectivity index (χ1) is 14.5. The molecule has 30 heavy (non-hydrogen) atoms. The second-order valence-electron chi connectivity index (χ2n) is 7.23. The number of nitrogens with one attached hydrogen (secondary N) is 1. The highest BCUT2D eigenvalue weighted by atomic mass is 35.5. The van der Waals surface area contributed by atoms with E-state index in [4.69, 9.17) is 16.6 Å². The molecule has 1 aliphatic rings. The second kappa shape index (κ2) is 10.6. The van der Waals surface area contributed by atoms with Crippen molar-refractivity contribution < 1.29 is 9.59 Å². The van der Waals surface area contributed by atoms with Gasteiger partial charge in [0.15, 0.2) is 5.17 Å². The third-order valence-electron chi connectivity index (χ3n) is 4.93. The molecule has 0 aromatic heterocycles. The predicted octanol–water partition coefficient (Wildman–Crippen LogP) is 5.20. The normalized spacial score (nSPS) is 17.4. The summed E-state index contributed by atoms with van der Waals surface area (Å²) >= 11 is 7.48. The van der Waals surface area contributed by atoms with Crippen molar-refractivity contribution in [2.75, 3.05) is 12.3 Å². The average molecular weight is 444 g/mol. The van der Waals surface area contributed by atoms with E-state index in [-0.39, 0.29) is 17.9 Å². The van der Waals surface area contributed by atoms with Crippen LogP contribution in [0.3, 0.4) is 0 Å². The van der Waals surface area contributed by atoms with Crippen LogP contribution in [0.1, 0.15) is 42.1 Å². The van der Waals surface area contributed by atoms with Crippen molar-refractivity contribution in [1.82, 2.24) is 10.2 Å². The number of amidine groups is 1. The number of carbonyl (C=O) groups is 2. The van der Waals surface area contributed by atoms with Crippen molar-refractivity contribution in [2.24, 2.45) is 4.99 Å².